The summed E-state index contributed by atoms with van der Waals surface area (Å²) in [4.78, 5) is 11.7. The first-order chi connectivity index (χ1) is 7.97. The highest BCUT2D eigenvalue weighted by Gasteiger charge is 2.17. The van der Waals surface area contributed by atoms with Crippen molar-refractivity contribution in [1.29, 1.82) is 0 Å². The van der Waals surface area contributed by atoms with Crippen molar-refractivity contribution in [1.82, 2.24) is 10.9 Å². The van der Waals surface area contributed by atoms with Gasteiger partial charge in [-0.1, -0.05) is 32.0 Å². The van der Waals surface area contributed by atoms with E-state index in [1.807, 2.05) is 19.1 Å². The van der Waals surface area contributed by atoms with Crippen molar-refractivity contribution in [2.45, 2.75) is 32.7 Å². The van der Waals surface area contributed by atoms with Crippen LogP contribution in [0.15, 0.2) is 18.2 Å². The van der Waals surface area contributed by atoms with Gasteiger partial charge in [-0.3, -0.25) is 10.2 Å². The van der Waals surface area contributed by atoms with E-state index in [-0.39, 0.29) is 5.91 Å². The number of amides is 1. The molecule has 0 bridgehead atoms. The van der Waals surface area contributed by atoms with E-state index in [4.69, 9.17) is 5.73 Å². The fraction of sp³-hybridized carbons (Fsp3) is 0.462. The molecule has 1 amide bonds. The van der Waals surface area contributed by atoms with E-state index in [1.54, 1.807) is 7.05 Å². The Morgan fingerprint density at radius 3 is 2.53 bits per heavy atom. The maximum Gasteiger partial charge on any atom is 0.255 e. The summed E-state index contributed by atoms with van der Waals surface area (Å²) < 4.78 is 0. The molecule has 17 heavy (non-hydrogen) atoms. The van der Waals surface area contributed by atoms with E-state index in [0.29, 0.717) is 5.92 Å². The highest BCUT2D eigenvalue weighted by Crippen LogP contribution is 2.22. The predicted molar refractivity (Wildman–Crippen MR) is 69.4 cm³/mol. The summed E-state index contributed by atoms with van der Waals surface area (Å²) in [5.74, 6) is 0.199. The molecule has 94 valence electrons. The minimum atomic E-state index is -0.638. The van der Waals surface area contributed by atoms with Gasteiger partial charge in [-0.2, -0.15) is 0 Å². The molecule has 1 aromatic carbocycles. The molecule has 1 aromatic rings. The molecule has 0 radical (unpaired) electrons. The molecule has 4 N–H and O–H groups in total. The normalized spacial score (nSPS) is 12.6. The second kappa shape index (κ2) is 5.80. The third kappa shape index (κ3) is 3.28. The summed E-state index contributed by atoms with van der Waals surface area (Å²) >= 11 is 0. The van der Waals surface area contributed by atoms with Crippen molar-refractivity contribution in [2.24, 2.45) is 5.73 Å². The van der Waals surface area contributed by atoms with Crippen LogP contribution >= 0.6 is 0 Å². The Morgan fingerprint density at radius 2 is 2.00 bits per heavy atom. The Morgan fingerprint density at radius 1 is 1.35 bits per heavy atom. The third-order valence-corrected chi connectivity index (χ3v) is 2.84. The number of carbonyl (C=O) groups is 1. The lowest BCUT2D eigenvalue weighted by molar-refractivity contribution is -0.123. The van der Waals surface area contributed by atoms with Crippen molar-refractivity contribution < 1.29 is 4.79 Å². The Hall–Kier alpha value is -1.39. The second-order valence-corrected chi connectivity index (χ2v) is 4.49. The zero-order chi connectivity index (χ0) is 13.0. The molecule has 1 rings (SSSR count). The first kappa shape index (κ1) is 13.7. The van der Waals surface area contributed by atoms with Crippen LogP contribution in [-0.4, -0.2) is 13.0 Å². The molecule has 0 aliphatic rings. The van der Waals surface area contributed by atoms with Gasteiger partial charge in [-0.05, 0) is 29.5 Å². The third-order valence-electron chi connectivity index (χ3n) is 2.84. The van der Waals surface area contributed by atoms with E-state index in [1.165, 1.54) is 5.56 Å². The number of hydrogen-bond acceptors (Lipinski definition) is 3. The van der Waals surface area contributed by atoms with Gasteiger partial charge in [0.05, 0.1) is 0 Å². The van der Waals surface area contributed by atoms with Crippen LogP contribution in [0.5, 0.6) is 0 Å². The van der Waals surface area contributed by atoms with E-state index in [9.17, 15) is 4.79 Å². The second-order valence-electron chi connectivity index (χ2n) is 4.49. The number of hydrazine groups is 1. The highest BCUT2D eigenvalue weighted by atomic mass is 16.2. The summed E-state index contributed by atoms with van der Waals surface area (Å²) in [5, 5.41) is 0. The number of nitrogens with two attached hydrogens (primary N) is 1. The summed E-state index contributed by atoms with van der Waals surface area (Å²) in [6.07, 6.45) is 0. The van der Waals surface area contributed by atoms with Crippen LogP contribution in [0.2, 0.25) is 0 Å². The average Bonchev–Trinajstić information content (AvgIpc) is 2.28. The van der Waals surface area contributed by atoms with Gasteiger partial charge in [0.15, 0.2) is 0 Å². The van der Waals surface area contributed by atoms with Crippen LogP contribution in [0.4, 0.5) is 0 Å². The van der Waals surface area contributed by atoms with E-state index >= 15 is 0 Å². The van der Waals surface area contributed by atoms with Crippen molar-refractivity contribution in [2.75, 3.05) is 7.05 Å². The number of benzene rings is 1. The summed E-state index contributed by atoms with van der Waals surface area (Å²) in [7, 11) is 1.64. The lowest BCUT2D eigenvalue weighted by atomic mass is 9.94. The van der Waals surface area contributed by atoms with Gasteiger partial charge < -0.3 is 5.73 Å². The Balaban J connectivity index is 3.03. The highest BCUT2D eigenvalue weighted by molar-refractivity contribution is 5.82. The van der Waals surface area contributed by atoms with Crippen LogP contribution in [0.3, 0.4) is 0 Å². The van der Waals surface area contributed by atoms with Crippen LogP contribution in [0.1, 0.15) is 42.5 Å². The Bertz CT molecular complexity index is 402. The van der Waals surface area contributed by atoms with E-state index in [2.05, 4.69) is 30.8 Å². The quantitative estimate of drug-likeness (QED) is 0.690. The lowest BCUT2D eigenvalue weighted by Crippen LogP contribution is -2.41. The molecule has 0 aliphatic carbocycles. The number of aryl methyl sites for hydroxylation is 1. The predicted octanol–water partition coefficient (Wildman–Crippen LogP) is 1.37. The molecule has 0 saturated heterocycles. The van der Waals surface area contributed by atoms with Gasteiger partial charge in [-0.15, -0.1) is 0 Å². The first-order valence-corrected chi connectivity index (χ1v) is 5.80. The Labute approximate surface area is 103 Å². The Kier molecular flexibility index (Phi) is 4.66. The van der Waals surface area contributed by atoms with Crippen LogP contribution in [-0.2, 0) is 4.79 Å². The van der Waals surface area contributed by atoms with Crippen LogP contribution < -0.4 is 16.6 Å². The van der Waals surface area contributed by atoms with Gasteiger partial charge in [-0.25, -0.2) is 5.43 Å². The monoisotopic (exact) mass is 235 g/mol. The van der Waals surface area contributed by atoms with Crippen molar-refractivity contribution in [3.8, 4) is 0 Å². The number of rotatable bonds is 4. The number of carbonyl (C=O) groups excluding carboxylic acids is 1. The molecule has 0 aliphatic heterocycles. The zero-order valence-corrected chi connectivity index (χ0v) is 10.9. The molecule has 4 nitrogen and oxygen atoms in total. The van der Waals surface area contributed by atoms with Crippen molar-refractivity contribution in [3.63, 3.8) is 0 Å². The average molecular weight is 235 g/mol. The maximum absolute atomic E-state index is 11.7. The van der Waals surface area contributed by atoms with Gasteiger partial charge in [0.2, 0.25) is 0 Å². The molecule has 0 spiro atoms. The SMILES string of the molecule is CNNC(=O)C(N)c1cc(C(C)C)ccc1C. The molecular formula is C13H21N3O. The van der Waals surface area contributed by atoms with Crippen LogP contribution in [0.25, 0.3) is 0 Å². The smallest absolute Gasteiger partial charge is 0.255 e. The largest absolute Gasteiger partial charge is 0.316 e. The number of nitrogens with one attached hydrogen (secondary N) is 2. The molecule has 1 unspecified atom stereocenters. The molecule has 0 fully saturated rings. The summed E-state index contributed by atoms with van der Waals surface area (Å²) in [6, 6.07) is 5.46. The summed E-state index contributed by atoms with van der Waals surface area (Å²) in [6.45, 7) is 6.20. The zero-order valence-electron chi connectivity index (χ0n) is 10.9. The van der Waals surface area contributed by atoms with Gasteiger partial charge >= 0.3 is 0 Å². The molecule has 0 saturated carbocycles. The molecule has 4 heteroatoms. The van der Waals surface area contributed by atoms with Gasteiger partial charge in [0.1, 0.15) is 6.04 Å². The first-order valence-electron chi connectivity index (χ1n) is 5.80. The maximum atomic E-state index is 11.7. The number of hydrogen-bond donors (Lipinski definition) is 3. The minimum Gasteiger partial charge on any atom is -0.316 e. The minimum absolute atomic E-state index is 0.225. The summed E-state index contributed by atoms with van der Waals surface area (Å²) in [5.41, 5.74) is 14.2. The standard InChI is InChI=1S/C13H21N3O/c1-8(2)10-6-5-9(3)11(7-10)12(14)13(17)16-15-4/h5-8,12,15H,14H2,1-4H3,(H,16,17). The molecule has 0 heterocycles. The van der Waals surface area contributed by atoms with Gasteiger partial charge in [0.25, 0.3) is 5.91 Å². The topological polar surface area (TPSA) is 67.1 Å². The molecule has 0 aromatic heterocycles. The van der Waals surface area contributed by atoms with Crippen LogP contribution in [0, 0.1) is 6.92 Å². The fourth-order valence-corrected chi connectivity index (χ4v) is 1.70. The van der Waals surface area contributed by atoms with E-state index < -0.39 is 6.04 Å². The fourth-order valence-electron chi connectivity index (χ4n) is 1.70. The van der Waals surface area contributed by atoms with Crippen molar-refractivity contribution in [3.05, 3.63) is 34.9 Å². The molecular weight excluding hydrogens is 214 g/mol. The lowest BCUT2D eigenvalue weighted by Gasteiger charge is -2.16. The van der Waals surface area contributed by atoms with Gasteiger partial charge in [0, 0.05) is 7.05 Å². The molecule has 1 atom stereocenters. The van der Waals surface area contributed by atoms with E-state index in [0.717, 1.165) is 11.1 Å². The van der Waals surface area contributed by atoms with Crippen molar-refractivity contribution >= 4 is 5.91 Å².